The van der Waals surface area contributed by atoms with Gasteiger partial charge >= 0.3 is 5.97 Å². The van der Waals surface area contributed by atoms with Crippen LogP contribution in [0, 0.1) is 0 Å². The number of carboxylic acids is 1. The molecule has 2 rings (SSSR count). The summed E-state index contributed by atoms with van der Waals surface area (Å²) in [6, 6.07) is 8.32. The highest BCUT2D eigenvalue weighted by molar-refractivity contribution is 6.32. The van der Waals surface area contributed by atoms with Crippen molar-refractivity contribution in [1.29, 1.82) is 0 Å². The van der Waals surface area contributed by atoms with Crippen molar-refractivity contribution in [2.75, 3.05) is 6.54 Å². The number of carbonyl (C=O) groups is 2. The normalized spacial score (nSPS) is 10.2. The molecule has 0 saturated heterocycles. The Morgan fingerprint density at radius 3 is 2.71 bits per heavy atom. The molecule has 0 aliphatic rings. The molecule has 2 aromatic rings. The fourth-order valence-electron chi connectivity index (χ4n) is 1.86. The number of aromatic nitrogens is 1. The smallest absolute Gasteiger partial charge is 0.338 e. The van der Waals surface area contributed by atoms with Crippen molar-refractivity contribution in [3.05, 3.63) is 52.8 Å². The van der Waals surface area contributed by atoms with Crippen LogP contribution in [0.15, 0.2) is 36.5 Å². The van der Waals surface area contributed by atoms with Gasteiger partial charge in [0, 0.05) is 23.9 Å². The summed E-state index contributed by atoms with van der Waals surface area (Å²) in [5, 5.41) is 11.7. The zero-order valence-corrected chi connectivity index (χ0v) is 12.0. The van der Waals surface area contributed by atoms with Gasteiger partial charge < -0.3 is 10.4 Å². The second-order valence-electron chi connectivity index (χ2n) is 4.31. The van der Waals surface area contributed by atoms with Gasteiger partial charge in [0.2, 0.25) is 0 Å². The predicted octanol–water partition coefficient (Wildman–Crippen LogP) is 2.85. The van der Waals surface area contributed by atoms with Gasteiger partial charge in [0.15, 0.2) is 0 Å². The number of benzene rings is 1. The van der Waals surface area contributed by atoms with Gasteiger partial charge in [0.25, 0.3) is 5.91 Å². The highest BCUT2D eigenvalue weighted by Crippen LogP contribution is 2.24. The molecular weight excluding hydrogens is 292 g/mol. The van der Waals surface area contributed by atoms with Gasteiger partial charge in [0.1, 0.15) is 5.15 Å². The second-order valence-corrected chi connectivity index (χ2v) is 4.67. The minimum Gasteiger partial charge on any atom is -0.478 e. The van der Waals surface area contributed by atoms with E-state index in [0.29, 0.717) is 23.2 Å². The van der Waals surface area contributed by atoms with Crippen molar-refractivity contribution >= 4 is 23.5 Å². The molecule has 1 aromatic carbocycles. The van der Waals surface area contributed by atoms with Crippen molar-refractivity contribution in [1.82, 2.24) is 10.3 Å². The van der Waals surface area contributed by atoms with E-state index in [9.17, 15) is 9.59 Å². The van der Waals surface area contributed by atoms with Crippen LogP contribution >= 0.6 is 11.6 Å². The minimum atomic E-state index is -1.14. The summed E-state index contributed by atoms with van der Waals surface area (Å²) in [4.78, 5) is 26.8. The summed E-state index contributed by atoms with van der Waals surface area (Å²) in [7, 11) is 0. The molecular formula is C15H13ClN2O3. The molecule has 1 amide bonds. The number of carboxylic acid groups (broad SMARTS) is 1. The van der Waals surface area contributed by atoms with E-state index < -0.39 is 5.97 Å². The lowest BCUT2D eigenvalue weighted by Crippen LogP contribution is -2.22. The Labute approximate surface area is 126 Å². The minimum absolute atomic E-state index is 0.0638. The zero-order chi connectivity index (χ0) is 15.4. The Balaban J connectivity index is 2.43. The molecule has 0 unspecified atom stereocenters. The molecule has 0 bridgehead atoms. The first-order chi connectivity index (χ1) is 10.0. The molecule has 108 valence electrons. The first-order valence-corrected chi connectivity index (χ1v) is 6.68. The second kappa shape index (κ2) is 6.37. The summed E-state index contributed by atoms with van der Waals surface area (Å²) in [6.07, 6.45) is 1.48. The number of hydrogen-bond acceptors (Lipinski definition) is 3. The highest BCUT2D eigenvalue weighted by Gasteiger charge is 2.12. The zero-order valence-electron chi connectivity index (χ0n) is 11.3. The number of aromatic carboxylic acids is 1. The van der Waals surface area contributed by atoms with Gasteiger partial charge in [-0.15, -0.1) is 0 Å². The summed E-state index contributed by atoms with van der Waals surface area (Å²) in [5.74, 6) is -1.33. The number of pyridine rings is 1. The van der Waals surface area contributed by atoms with Crippen molar-refractivity contribution < 1.29 is 14.7 Å². The standard InChI is InChI=1S/C15H13ClN2O3/c1-2-17-14(19)10-5-3-4-9(6-10)11-7-12(15(20)21)13(16)18-8-11/h3-8H,2H2,1H3,(H,17,19)(H,20,21). The molecule has 0 spiro atoms. The lowest BCUT2D eigenvalue weighted by atomic mass is 10.0. The Morgan fingerprint density at radius 2 is 2.05 bits per heavy atom. The molecule has 0 saturated carbocycles. The van der Waals surface area contributed by atoms with Crippen LogP contribution in [0.5, 0.6) is 0 Å². The Morgan fingerprint density at radius 1 is 1.29 bits per heavy atom. The van der Waals surface area contributed by atoms with E-state index in [1.54, 1.807) is 24.3 Å². The Bertz CT molecular complexity index is 701. The number of hydrogen-bond donors (Lipinski definition) is 2. The lowest BCUT2D eigenvalue weighted by molar-refractivity contribution is 0.0696. The van der Waals surface area contributed by atoms with E-state index in [2.05, 4.69) is 10.3 Å². The molecule has 0 radical (unpaired) electrons. The van der Waals surface area contributed by atoms with Crippen LogP contribution in [-0.2, 0) is 0 Å². The molecule has 1 aromatic heterocycles. The van der Waals surface area contributed by atoms with Gasteiger partial charge in [-0.2, -0.15) is 0 Å². The number of amides is 1. The first kappa shape index (κ1) is 15.0. The van der Waals surface area contributed by atoms with Gasteiger partial charge in [-0.1, -0.05) is 23.7 Å². The van der Waals surface area contributed by atoms with Crippen LogP contribution in [0.2, 0.25) is 5.15 Å². The number of carbonyl (C=O) groups excluding carboxylic acids is 1. The quantitative estimate of drug-likeness (QED) is 0.851. The van der Waals surface area contributed by atoms with Gasteiger partial charge in [0.05, 0.1) is 5.56 Å². The van der Waals surface area contributed by atoms with E-state index in [4.69, 9.17) is 16.7 Å². The summed E-state index contributed by atoms with van der Waals surface area (Å²) < 4.78 is 0. The number of nitrogens with zero attached hydrogens (tertiary/aromatic N) is 1. The molecule has 0 atom stereocenters. The molecule has 21 heavy (non-hydrogen) atoms. The molecule has 5 nitrogen and oxygen atoms in total. The SMILES string of the molecule is CCNC(=O)c1cccc(-c2cnc(Cl)c(C(=O)O)c2)c1. The summed E-state index contributed by atoms with van der Waals surface area (Å²) in [5.41, 5.74) is 1.71. The van der Waals surface area contributed by atoms with Gasteiger partial charge in [-0.25, -0.2) is 9.78 Å². The van der Waals surface area contributed by atoms with Crippen molar-refractivity contribution in [2.24, 2.45) is 0 Å². The average molecular weight is 305 g/mol. The van der Waals surface area contributed by atoms with Gasteiger partial charge in [-0.3, -0.25) is 4.79 Å². The van der Waals surface area contributed by atoms with E-state index >= 15 is 0 Å². The largest absolute Gasteiger partial charge is 0.478 e. The van der Waals surface area contributed by atoms with Gasteiger partial charge in [-0.05, 0) is 30.7 Å². The molecule has 1 heterocycles. The number of halogens is 1. The van der Waals surface area contributed by atoms with E-state index in [-0.39, 0.29) is 16.6 Å². The average Bonchev–Trinajstić information content (AvgIpc) is 2.48. The third kappa shape index (κ3) is 3.38. The first-order valence-electron chi connectivity index (χ1n) is 6.30. The van der Waals surface area contributed by atoms with Crippen LogP contribution in [0.3, 0.4) is 0 Å². The summed E-state index contributed by atoms with van der Waals surface area (Å²) in [6.45, 7) is 2.37. The molecule has 0 fully saturated rings. The van der Waals surface area contributed by atoms with E-state index in [1.165, 1.54) is 12.3 Å². The van der Waals surface area contributed by atoms with E-state index in [1.807, 2.05) is 6.92 Å². The number of rotatable bonds is 4. The maximum Gasteiger partial charge on any atom is 0.338 e. The maximum atomic E-state index is 11.8. The van der Waals surface area contributed by atoms with Crippen molar-refractivity contribution in [3.63, 3.8) is 0 Å². The van der Waals surface area contributed by atoms with E-state index in [0.717, 1.165) is 0 Å². The van der Waals surface area contributed by atoms with Crippen LogP contribution in [0.1, 0.15) is 27.6 Å². The Hall–Kier alpha value is -2.40. The molecule has 6 heteroatoms. The molecule has 2 N–H and O–H groups in total. The fraction of sp³-hybridized carbons (Fsp3) is 0.133. The Kier molecular flexibility index (Phi) is 4.55. The van der Waals surface area contributed by atoms with Crippen LogP contribution in [-0.4, -0.2) is 28.5 Å². The maximum absolute atomic E-state index is 11.8. The van der Waals surface area contributed by atoms with Crippen LogP contribution in [0.4, 0.5) is 0 Å². The van der Waals surface area contributed by atoms with Crippen molar-refractivity contribution in [2.45, 2.75) is 6.92 Å². The number of nitrogens with one attached hydrogen (secondary N) is 1. The van der Waals surface area contributed by atoms with Crippen LogP contribution < -0.4 is 5.32 Å². The predicted molar refractivity (Wildman–Crippen MR) is 79.6 cm³/mol. The van der Waals surface area contributed by atoms with Crippen LogP contribution in [0.25, 0.3) is 11.1 Å². The molecule has 0 aliphatic heterocycles. The third-order valence-electron chi connectivity index (χ3n) is 2.86. The lowest BCUT2D eigenvalue weighted by Gasteiger charge is -2.07. The highest BCUT2D eigenvalue weighted by atomic mass is 35.5. The topological polar surface area (TPSA) is 79.3 Å². The fourth-order valence-corrected chi connectivity index (χ4v) is 2.04. The molecule has 0 aliphatic carbocycles. The summed E-state index contributed by atoms with van der Waals surface area (Å²) >= 11 is 5.75. The monoisotopic (exact) mass is 304 g/mol. The van der Waals surface area contributed by atoms with Crippen molar-refractivity contribution in [3.8, 4) is 11.1 Å². The third-order valence-corrected chi connectivity index (χ3v) is 3.17.